The Balaban J connectivity index is 0.00000196. The highest BCUT2D eigenvalue weighted by atomic mass is 35.5. The zero-order chi connectivity index (χ0) is 17.2. The lowest BCUT2D eigenvalue weighted by molar-refractivity contribution is -0.131. The average molecular weight is 378 g/mol. The van der Waals surface area contributed by atoms with Crippen molar-refractivity contribution >= 4 is 18.3 Å². The smallest absolute Gasteiger partial charge is 0.246 e. The fourth-order valence-electron chi connectivity index (χ4n) is 3.66. The molecular formula is C18H24ClN5O2. The number of hydrogen-bond donors (Lipinski definition) is 1. The molecular weight excluding hydrogens is 354 g/mol. The van der Waals surface area contributed by atoms with Crippen molar-refractivity contribution in [3.05, 3.63) is 28.9 Å². The minimum absolute atomic E-state index is 0. The maximum atomic E-state index is 12.2. The van der Waals surface area contributed by atoms with E-state index in [0.29, 0.717) is 24.7 Å². The van der Waals surface area contributed by atoms with Gasteiger partial charge in [0.1, 0.15) is 0 Å². The zero-order valence-corrected chi connectivity index (χ0v) is 15.8. The third-order valence-corrected chi connectivity index (χ3v) is 5.02. The van der Waals surface area contributed by atoms with Crippen molar-refractivity contribution in [2.75, 3.05) is 13.1 Å². The van der Waals surface area contributed by atoms with E-state index >= 15 is 0 Å². The monoisotopic (exact) mass is 377 g/mol. The molecule has 0 radical (unpaired) electrons. The van der Waals surface area contributed by atoms with Crippen molar-refractivity contribution < 1.29 is 9.32 Å². The Morgan fingerprint density at radius 1 is 1.27 bits per heavy atom. The first kappa shape index (κ1) is 18.8. The minimum Gasteiger partial charge on any atom is -0.337 e. The molecule has 0 atom stereocenters. The van der Waals surface area contributed by atoms with Crippen molar-refractivity contribution in [1.82, 2.24) is 25.3 Å². The number of halogens is 1. The summed E-state index contributed by atoms with van der Waals surface area (Å²) in [4.78, 5) is 23.1. The number of nitrogens with one attached hydrogen (secondary N) is 1. The Morgan fingerprint density at radius 3 is 3.04 bits per heavy atom. The third-order valence-electron chi connectivity index (χ3n) is 5.02. The SMILES string of the molecule is Cc1ncc2c(c1-c1noc(CN3CCCCCC3=O)n1)CCNC2.Cl. The number of aromatic nitrogens is 3. The Kier molecular flexibility index (Phi) is 5.88. The molecule has 1 amide bonds. The van der Waals surface area contributed by atoms with Crippen LogP contribution in [0.3, 0.4) is 0 Å². The second-order valence-electron chi connectivity index (χ2n) is 6.79. The number of aryl methyl sites for hydroxylation is 1. The number of nitrogens with zero attached hydrogens (tertiary/aromatic N) is 4. The Labute approximate surface area is 159 Å². The maximum absolute atomic E-state index is 12.2. The van der Waals surface area contributed by atoms with Gasteiger partial charge in [-0.15, -0.1) is 12.4 Å². The van der Waals surface area contributed by atoms with Gasteiger partial charge < -0.3 is 14.7 Å². The number of amides is 1. The van der Waals surface area contributed by atoms with Crippen molar-refractivity contribution in [2.45, 2.75) is 52.1 Å². The largest absolute Gasteiger partial charge is 0.337 e. The molecule has 1 N–H and O–H groups in total. The molecule has 0 saturated carbocycles. The average Bonchev–Trinajstić information content (AvgIpc) is 2.98. The number of fused-ring (bicyclic) bond motifs is 1. The van der Waals surface area contributed by atoms with Crippen LogP contribution in [0, 0.1) is 6.92 Å². The Bertz CT molecular complexity index is 792. The fourth-order valence-corrected chi connectivity index (χ4v) is 3.66. The lowest BCUT2D eigenvalue weighted by atomic mass is 9.95. The van der Waals surface area contributed by atoms with E-state index in [9.17, 15) is 4.79 Å². The lowest BCUT2D eigenvalue weighted by Crippen LogP contribution is -2.29. The number of rotatable bonds is 3. The van der Waals surface area contributed by atoms with Crippen LogP contribution in [0.25, 0.3) is 11.4 Å². The number of carbonyl (C=O) groups excluding carboxylic acids is 1. The fraction of sp³-hybridized carbons (Fsp3) is 0.556. The summed E-state index contributed by atoms with van der Waals surface area (Å²) in [5.74, 6) is 1.26. The van der Waals surface area contributed by atoms with Crippen LogP contribution in [0.1, 0.15) is 48.4 Å². The molecule has 4 rings (SSSR count). The molecule has 0 aliphatic carbocycles. The van der Waals surface area contributed by atoms with E-state index in [-0.39, 0.29) is 18.3 Å². The van der Waals surface area contributed by atoms with Gasteiger partial charge in [0.2, 0.25) is 17.6 Å². The molecule has 1 fully saturated rings. The van der Waals surface area contributed by atoms with Gasteiger partial charge >= 0.3 is 0 Å². The van der Waals surface area contributed by atoms with E-state index in [0.717, 1.165) is 56.6 Å². The molecule has 2 aliphatic rings. The number of carbonyl (C=O) groups is 1. The van der Waals surface area contributed by atoms with Crippen LogP contribution in [-0.4, -0.2) is 39.0 Å². The lowest BCUT2D eigenvalue weighted by Gasteiger charge is -2.20. The molecule has 4 heterocycles. The van der Waals surface area contributed by atoms with Gasteiger partial charge in [-0.25, -0.2) is 0 Å². The van der Waals surface area contributed by atoms with Gasteiger partial charge in [-0.05, 0) is 43.9 Å². The predicted molar refractivity (Wildman–Crippen MR) is 98.8 cm³/mol. The summed E-state index contributed by atoms with van der Waals surface area (Å²) in [6.45, 7) is 4.91. The summed E-state index contributed by atoms with van der Waals surface area (Å²) in [5, 5.41) is 7.55. The molecule has 0 unspecified atom stereocenters. The van der Waals surface area contributed by atoms with Crippen LogP contribution in [0.4, 0.5) is 0 Å². The molecule has 0 aromatic carbocycles. The summed E-state index contributed by atoms with van der Waals surface area (Å²) in [7, 11) is 0. The number of pyridine rings is 1. The van der Waals surface area contributed by atoms with Crippen LogP contribution in [-0.2, 0) is 24.3 Å². The van der Waals surface area contributed by atoms with E-state index in [1.807, 2.05) is 18.0 Å². The summed E-state index contributed by atoms with van der Waals surface area (Å²) in [6.07, 6.45) is 6.59. The molecule has 2 aromatic heterocycles. The van der Waals surface area contributed by atoms with Crippen LogP contribution >= 0.6 is 12.4 Å². The first-order valence-corrected chi connectivity index (χ1v) is 9.01. The van der Waals surface area contributed by atoms with Crippen LogP contribution in [0.15, 0.2) is 10.7 Å². The van der Waals surface area contributed by atoms with Crippen LogP contribution in [0.5, 0.6) is 0 Å². The van der Waals surface area contributed by atoms with E-state index < -0.39 is 0 Å². The number of hydrogen-bond acceptors (Lipinski definition) is 6. The molecule has 0 spiro atoms. The van der Waals surface area contributed by atoms with E-state index in [1.54, 1.807) is 0 Å². The maximum Gasteiger partial charge on any atom is 0.246 e. The van der Waals surface area contributed by atoms with Gasteiger partial charge in [-0.2, -0.15) is 4.98 Å². The Morgan fingerprint density at radius 2 is 2.15 bits per heavy atom. The second-order valence-corrected chi connectivity index (χ2v) is 6.79. The molecule has 0 bridgehead atoms. The van der Waals surface area contributed by atoms with Crippen molar-refractivity contribution in [1.29, 1.82) is 0 Å². The van der Waals surface area contributed by atoms with Gasteiger partial charge in [-0.3, -0.25) is 9.78 Å². The van der Waals surface area contributed by atoms with E-state index in [4.69, 9.17) is 4.52 Å². The molecule has 2 aromatic rings. The summed E-state index contributed by atoms with van der Waals surface area (Å²) in [6, 6.07) is 0. The standard InChI is InChI=1S/C18H23N5O2.ClH/c1-12-17(14-6-7-19-9-13(14)10-20-12)18-21-15(25-22-18)11-23-8-4-2-3-5-16(23)24;/h10,19H,2-9,11H2,1H3;1H. The zero-order valence-electron chi connectivity index (χ0n) is 15.0. The summed E-state index contributed by atoms with van der Waals surface area (Å²) < 4.78 is 5.46. The molecule has 2 aliphatic heterocycles. The first-order valence-electron chi connectivity index (χ1n) is 9.01. The van der Waals surface area contributed by atoms with Crippen molar-refractivity contribution in [2.24, 2.45) is 0 Å². The van der Waals surface area contributed by atoms with Gasteiger partial charge in [0.25, 0.3) is 0 Å². The van der Waals surface area contributed by atoms with Gasteiger partial charge in [-0.1, -0.05) is 11.6 Å². The third kappa shape index (κ3) is 3.73. The minimum atomic E-state index is 0. The first-order chi connectivity index (χ1) is 12.2. The predicted octanol–water partition coefficient (Wildman–Crippen LogP) is 2.41. The molecule has 26 heavy (non-hydrogen) atoms. The van der Waals surface area contributed by atoms with Crippen LogP contribution in [0.2, 0.25) is 0 Å². The summed E-state index contributed by atoms with van der Waals surface area (Å²) >= 11 is 0. The van der Waals surface area contributed by atoms with Crippen molar-refractivity contribution in [3.8, 4) is 11.4 Å². The van der Waals surface area contributed by atoms with Gasteiger partial charge in [0.05, 0.1) is 6.54 Å². The second kappa shape index (κ2) is 8.14. The topological polar surface area (TPSA) is 84.2 Å². The highest BCUT2D eigenvalue weighted by molar-refractivity contribution is 5.85. The van der Waals surface area contributed by atoms with E-state index in [1.165, 1.54) is 11.1 Å². The van der Waals surface area contributed by atoms with Crippen molar-refractivity contribution in [3.63, 3.8) is 0 Å². The Hall–Kier alpha value is -1.99. The van der Waals surface area contributed by atoms with E-state index in [2.05, 4.69) is 20.4 Å². The molecule has 8 heteroatoms. The molecule has 140 valence electrons. The van der Waals surface area contributed by atoms with Gasteiger partial charge in [0.15, 0.2) is 0 Å². The quantitative estimate of drug-likeness (QED) is 0.884. The highest BCUT2D eigenvalue weighted by Gasteiger charge is 2.23. The van der Waals surface area contributed by atoms with Gasteiger partial charge in [0, 0.05) is 37.0 Å². The molecule has 1 saturated heterocycles. The van der Waals surface area contributed by atoms with Crippen LogP contribution < -0.4 is 5.32 Å². The normalized spacial score (nSPS) is 17.4. The molecule has 7 nitrogen and oxygen atoms in total. The highest BCUT2D eigenvalue weighted by Crippen LogP contribution is 2.28. The number of likely N-dealkylation sites (tertiary alicyclic amines) is 1. The summed E-state index contributed by atoms with van der Waals surface area (Å²) in [5.41, 5.74) is 4.35.